The Hall–Kier alpha value is -2.63. The smallest absolute Gasteiger partial charge is 0.274 e. The number of H-pyrrole nitrogens is 1. The number of imidazole rings is 1. The van der Waals surface area contributed by atoms with Gasteiger partial charge in [0.25, 0.3) is 5.91 Å². The Kier molecular flexibility index (Phi) is 3.80. The van der Waals surface area contributed by atoms with Crippen LogP contribution < -0.4 is 0 Å². The van der Waals surface area contributed by atoms with E-state index in [0.29, 0.717) is 18.3 Å². The molecule has 0 bridgehead atoms. The van der Waals surface area contributed by atoms with Gasteiger partial charge in [-0.15, -0.1) is 0 Å². The molecule has 1 N–H and O–H groups in total. The van der Waals surface area contributed by atoms with Gasteiger partial charge in [0.2, 0.25) is 0 Å². The first-order valence-electron chi connectivity index (χ1n) is 8.47. The molecule has 1 aromatic carbocycles. The van der Waals surface area contributed by atoms with Crippen LogP contribution >= 0.6 is 0 Å². The van der Waals surface area contributed by atoms with E-state index in [2.05, 4.69) is 26.7 Å². The lowest BCUT2D eigenvalue weighted by Crippen LogP contribution is -2.42. The highest BCUT2D eigenvalue weighted by Gasteiger charge is 2.25. The quantitative estimate of drug-likeness (QED) is 0.806. The summed E-state index contributed by atoms with van der Waals surface area (Å²) in [4.78, 5) is 19.0. The molecule has 124 valence electrons. The van der Waals surface area contributed by atoms with Crippen molar-refractivity contribution in [3.63, 3.8) is 0 Å². The van der Waals surface area contributed by atoms with Gasteiger partial charge in [0.15, 0.2) is 0 Å². The fraction of sp³-hybridized carbons (Fsp3) is 0.389. The number of carbonyl (C=O) groups excluding carboxylic acids is 1. The number of hydrogen-bond donors (Lipinski definition) is 1. The fourth-order valence-corrected chi connectivity index (χ4v) is 3.42. The number of hydrogen-bond acceptors (Lipinski definition) is 3. The van der Waals surface area contributed by atoms with Gasteiger partial charge >= 0.3 is 0 Å². The van der Waals surface area contributed by atoms with Crippen LogP contribution in [0.3, 0.4) is 0 Å². The minimum Gasteiger partial charge on any atom is -0.335 e. The summed E-state index contributed by atoms with van der Waals surface area (Å²) in [6, 6.07) is 10.2. The van der Waals surface area contributed by atoms with Gasteiger partial charge in [-0.25, -0.2) is 4.98 Å². The molecule has 2 aromatic heterocycles. The highest BCUT2D eigenvalue weighted by Crippen LogP contribution is 2.19. The van der Waals surface area contributed by atoms with E-state index in [1.807, 2.05) is 41.6 Å². The summed E-state index contributed by atoms with van der Waals surface area (Å²) >= 11 is 0. The van der Waals surface area contributed by atoms with Gasteiger partial charge in [0.1, 0.15) is 5.69 Å². The Morgan fingerprint density at radius 3 is 3.08 bits per heavy atom. The molecule has 0 spiro atoms. The molecule has 3 aromatic rings. The van der Waals surface area contributed by atoms with E-state index in [0.717, 1.165) is 36.1 Å². The van der Waals surface area contributed by atoms with Gasteiger partial charge in [-0.1, -0.05) is 12.1 Å². The van der Waals surface area contributed by atoms with Crippen LogP contribution in [0, 0.1) is 0 Å². The summed E-state index contributed by atoms with van der Waals surface area (Å²) in [7, 11) is 0. The number of aromatic amines is 1. The molecular weight excluding hydrogens is 302 g/mol. The maximum absolute atomic E-state index is 12.7. The largest absolute Gasteiger partial charge is 0.335 e. The zero-order chi connectivity index (χ0) is 16.5. The minimum atomic E-state index is 0.0280. The molecule has 0 radical (unpaired) electrons. The van der Waals surface area contributed by atoms with Crippen LogP contribution in [0.15, 0.2) is 36.7 Å². The van der Waals surface area contributed by atoms with Crippen molar-refractivity contribution >= 4 is 16.9 Å². The molecule has 1 saturated heterocycles. The van der Waals surface area contributed by atoms with Crippen molar-refractivity contribution in [2.24, 2.45) is 0 Å². The Morgan fingerprint density at radius 2 is 2.21 bits per heavy atom. The number of nitrogens with zero attached hydrogens (tertiary/aromatic N) is 4. The zero-order valence-electron chi connectivity index (χ0n) is 13.8. The van der Waals surface area contributed by atoms with Crippen LogP contribution in [0.1, 0.15) is 42.4 Å². The van der Waals surface area contributed by atoms with Crippen molar-refractivity contribution in [2.45, 2.75) is 38.8 Å². The predicted octanol–water partition coefficient (Wildman–Crippen LogP) is 2.82. The zero-order valence-corrected chi connectivity index (χ0v) is 13.8. The van der Waals surface area contributed by atoms with Crippen molar-refractivity contribution in [1.82, 2.24) is 24.6 Å². The molecule has 1 aliphatic heterocycles. The number of benzene rings is 1. The Labute approximate surface area is 140 Å². The SMILES string of the molecule is CC1CCCCN1C(=O)c1cc(Cn2cnc3ccccc32)[nH]n1. The number of carbonyl (C=O) groups is 1. The summed E-state index contributed by atoms with van der Waals surface area (Å²) in [5.41, 5.74) is 3.45. The monoisotopic (exact) mass is 323 g/mol. The molecule has 6 nitrogen and oxygen atoms in total. The van der Waals surface area contributed by atoms with Crippen LogP contribution in [-0.4, -0.2) is 43.1 Å². The maximum Gasteiger partial charge on any atom is 0.274 e. The average molecular weight is 323 g/mol. The second-order valence-electron chi connectivity index (χ2n) is 6.48. The van der Waals surface area contributed by atoms with Crippen molar-refractivity contribution in [3.8, 4) is 0 Å². The highest BCUT2D eigenvalue weighted by atomic mass is 16.2. The number of fused-ring (bicyclic) bond motifs is 1. The standard InChI is InChI=1S/C18H21N5O/c1-13-6-4-5-9-23(13)18(24)16-10-14(20-21-16)11-22-12-19-15-7-2-3-8-17(15)22/h2-3,7-8,10,12-13H,4-6,9,11H2,1H3,(H,20,21). The van der Waals surface area contributed by atoms with E-state index >= 15 is 0 Å². The van der Waals surface area contributed by atoms with Crippen LogP contribution in [0.25, 0.3) is 11.0 Å². The third-order valence-corrected chi connectivity index (χ3v) is 4.78. The van der Waals surface area contributed by atoms with Gasteiger partial charge < -0.3 is 9.47 Å². The summed E-state index contributed by atoms with van der Waals surface area (Å²) in [5.74, 6) is 0.0280. The van der Waals surface area contributed by atoms with Gasteiger partial charge in [0.05, 0.1) is 29.6 Å². The molecule has 1 amide bonds. The summed E-state index contributed by atoms with van der Waals surface area (Å²) in [6.45, 7) is 3.56. The molecule has 1 atom stereocenters. The number of piperidine rings is 1. The fourth-order valence-electron chi connectivity index (χ4n) is 3.42. The first-order valence-corrected chi connectivity index (χ1v) is 8.47. The topological polar surface area (TPSA) is 66.8 Å². The maximum atomic E-state index is 12.7. The molecule has 1 unspecified atom stereocenters. The third kappa shape index (κ3) is 2.68. The molecule has 24 heavy (non-hydrogen) atoms. The van der Waals surface area contributed by atoms with Gasteiger partial charge in [-0.05, 0) is 44.4 Å². The van der Waals surface area contributed by atoms with Crippen LogP contribution in [0.2, 0.25) is 0 Å². The summed E-state index contributed by atoms with van der Waals surface area (Å²) in [5, 5.41) is 7.23. The van der Waals surface area contributed by atoms with E-state index in [-0.39, 0.29) is 5.91 Å². The lowest BCUT2D eigenvalue weighted by atomic mass is 10.0. The van der Waals surface area contributed by atoms with Crippen molar-refractivity contribution in [3.05, 3.63) is 48.0 Å². The van der Waals surface area contributed by atoms with E-state index in [1.54, 1.807) is 0 Å². The molecule has 1 aliphatic rings. The molecule has 0 aliphatic carbocycles. The second kappa shape index (κ2) is 6.11. The number of aromatic nitrogens is 4. The molecule has 0 saturated carbocycles. The first kappa shape index (κ1) is 14.9. The predicted molar refractivity (Wildman–Crippen MR) is 91.8 cm³/mol. The van der Waals surface area contributed by atoms with Crippen LogP contribution in [-0.2, 0) is 6.54 Å². The number of nitrogens with one attached hydrogen (secondary N) is 1. The highest BCUT2D eigenvalue weighted by molar-refractivity contribution is 5.92. The molecule has 6 heteroatoms. The lowest BCUT2D eigenvalue weighted by Gasteiger charge is -2.32. The molecule has 4 rings (SSSR count). The summed E-state index contributed by atoms with van der Waals surface area (Å²) < 4.78 is 2.06. The van der Waals surface area contributed by atoms with E-state index in [1.165, 1.54) is 6.42 Å². The summed E-state index contributed by atoms with van der Waals surface area (Å²) in [6.07, 6.45) is 5.17. The second-order valence-corrected chi connectivity index (χ2v) is 6.48. The molecule has 3 heterocycles. The number of rotatable bonds is 3. The minimum absolute atomic E-state index is 0.0280. The van der Waals surface area contributed by atoms with Crippen molar-refractivity contribution in [2.75, 3.05) is 6.54 Å². The Bertz CT molecular complexity index is 865. The Balaban J connectivity index is 1.53. The normalized spacial score (nSPS) is 18.2. The van der Waals surface area contributed by atoms with E-state index < -0.39 is 0 Å². The first-order chi connectivity index (χ1) is 11.7. The van der Waals surface area contributed by atoms with Gasteiger partial charge in [0, 0.05) is 12.6 Å². The van der Waals surface area contributed by atoms with Crippen molar-refractivity contribution < 1.29 is 4.79 Å². The van der Waals surface area contributed by atoms with E-state index in [4.69, 9.17) is 0 Å². The lowest BCUT2D eigenvalue weighted by molar-refractivity contribution is 0.0629. The number of amides is 1. The Morgan fingerprint density at radius 1 is 1.33 bits per heavy atom. The van der Waals surface area contributed by atoms with E-state index in [9.17, 15) is 4.79 Å². The molecular formula is C18H21N5O. The van der Waals surface area contributed by atoms with Crippen LogP contribution in [0.4, 0.5) is 0 Å². The van der Waals surface area contributed by atoms with Gasteiger partial charge in [-0.2, -0.15) is 5.10 Å². The van der Waals surface area contributed by atoms with Crippen LogP contribution in [0.5, 0.6) is 0 Å². The number of para-hydroxylation sites is 2. The number of likely N-dealkylation sites (tertiary alicyclic amines) is 1. The van der Waals surface area contributed by atoms with Crippen molar-refractivity contribution in [1.29, 1.82) is 0 Å². The average Bonchev–Trinajstić information content (AvgIpc) is 3.23. The third-order valence-electron chi connectivity index (χ3n) is 4.78. The van der Waals surface area contributed by atoms with Gasteiger partial charge in [-0.3, -0.25) is 9.89 Å². The molecule has 1 fully saturated rings.